The average molecular weight is 211 g/mol. The van der Waals surface area contributed by atoms with E-state index in [-0.39, 0.29) is 0 Å². The summed E-state index contributed by atoms with van der Waals surface area (Å²) >= 11 is 0. The molecule has 0 aromatic heterocycles. The molecule has 1 rings (SSSR count). The van der Waals surface area contributed by atoms with Crippen LogP contribution >= 0.6 is 0 Å². The molecule has 0 aromatic carbocycles. The van der Waals surface area contributed by atoms with Crippen molar-refractivity contribution >= 4 is 0 Å². The van der Waals surface area contributed by atoms with Gasteiger partial charge in [0.05, 0.1) is 13.2 Å². The van der Waals surface area contributed by atoms with Gasteiger partial charge >= 0.3 is 0 Å². The first kappa shape index (κ1) is 12.7. The Balaban J connectivity index is 2.37. The van der Waals surface area contributed by atoms with Gasteiger partial charge in [-0.15, -0.1) is 0 Å². The molecule has 1 unspecified atom stereocenters. The molecule has 0 radical (unpaired) electrons. The largest absolute Gasteiger partial charge is 0.377 e. The van der Waals surface area contributed by atoms with E-state index in [2.05, 4.69) is 39.1 Å². The zero-order chi connectivity index (χ0) is 11.3. The van der Waals surface area contributed by atoms with E-state index >= 15 is 0 Å². The van der Waals surface area contributed by atoms with Crippen molar-refractivity contribution in [3.8, 4) is 0 Å². The topological polar surface area (TPSA) is 21.3 Å². The Morgan fingerprint density at radius 3 is 2.67 bits per heavy atom. The first-order valence-electron chi connectivity index (χ1n) is 6.03. The first-order valence-corrected chi connectivity index (χ1v) is 6.03. The summed E-state index contributed by atoms with van der Waals surface area (Å²) in [6.45, 7) is 11.8. The lowest BCUT2D eigenvalue weighted by molar-refractivity contribution is 0.147. The third-order valence-electron chi connectivity index (χ3n) is 3.01. The van der Waals surface area contributed by atoms with Crippen molar-refractivity contribution in [3.05, 3.63) is 11.6 Å². The molecule has 0 aromatic rings. The summed E-state index contributed by atoms with van der Waals surface area (Å²) in [6.07, 6.45) is 4.56. The Kier molecular flexibility index (Phi) is 4.81. The molecule has 0 fully saturated rings. The van der Waals surface area contributed by atoms with Crippen LogP contribution < -0.4 is 5.32 Å². The van der Waals surface area contributed by atoms with Gasteiger partial charge < -0.3 is 10.1 Å². The minimum atomic E-state index is 0.338. The molecule has 1 N–H and O–H groups in total. The van der Waals surface area contributed by atoms with Crippen LogP contribution in [0.25, 0.3) is 0 Å². The Morgan fingerprint density at radius 2 is 2.20 bits per heavy atom. The minimum Gasteiger partial charge on any atom is -0.377 e. The zero-order valence-electron chi connectivity index (χ0n) is 10.6. The van der Waals surface area contributed by atoms with Gasteiger partial charge in [-0.25, -0.2) is 0 Å². The fourth-order valence-corrected chi connectivity index (χ4v) is 2.05. The van der Waals surface area contributed by atoms with Crippen LogP contribution in [0.1, 0.15) is 40.5 Å². The predicted molar refractivity (Wildman–Crippen MR) is 65.1 cm³/mol. The van der Waals surface area contributed by atoms with Crippen molar-refractivity contribution in [3.63, 3.8) is 0 Å². The third-order valence-corrected chi connectivity index (χ3v) is 3.01. The van der Waals surface area contributed by atoms with Gasteiger partial charge in [-0.1, -0.05) is 33.8 Å². The fourth-order valence-electron chi connectivity index (χ4n) is 2.05. The summed E-state index contributed by atoms with van der Waals surface area (Å²) in [7, 11) is 0. The maximum atomic E-state index is 5.43. The smallest absolute Gasteiger partial charge is 0.0689 e. The van der Waals surface area contributed by atoms with Crippen LogP contribution in [0.3, 0.4) is 0 Å². The lowest BCUT2D eigenvalue weighted by Gasteiger charge is -2.31. The van der Waals surface area contributed by atoms with Gasteiger partial charge in [0, 0.05) is 12.6 Å². The van der Waals surface area contributed by atoms with Gasteiger partial charge in [0.2, 0.25) is 0 Å². The molecule has 0 aliphatic carbocycles. The van der Waals surface area contributed by atoms with E-state index in [9.17, 15) is 0 Å². The van der Waals surface area contributed by atoms with Crippen molar-refractivity contribution in [2.75, 3.05) is 19.8 Å². The van der Waals surface area contributed by atoms with Crippen molar-refractivity contribution < 1.29 is 4.74 Å². The van der Waals surface area contributed by atoms with Gasteiger partial charge in [0.1, 0.15) is 0 Å². The standard InChI is InChI=1S/C13H25NO/c1-5-12(13(2,3)4)14-9-11-7-6-8-15-10-11/h7,12,14H,5-6,8-10H2,1-4H3. The molecule has 15 heavy (non-hydrogen) atoms. The molecule has 1 aliphatic heterocycles. The molecule has 1 heterocycles. The quantitative estimate of drug-likeness (QED) is 0.722. The Morgan fingerprint density at radius 1 is 1.47 bits per heavy atom. The van der Waals surface area contributed by atoms with Crippen LogP contribution in [0.15, 0.2) is 11.6 Å². The number of ether oxygens (including phenoxy) is 1. The van der Waals surface area contributed by atoms with Gasteiger partial charge in [0.25, 0.3) is 0 Å². The summed E-state index contributed by atoms with van der Waals surface area (Å²) in [5, 5.41) is 3.63. The monoisotopic (exact) mass is 211 g/mol. The average Bonchev–Trinajstić information content (AvgIpc) is 2.18. The SMILES string of the molecule is CCC(NCC1=CCCOC1)C(C)(C)C. The predicted octanol–water partition coefficient (Wildman–Crippen LogP) is 2.75. The summed E-state index contributed by atoms with van der Waals surface area (Å²) in [5.41, 5.74) is 1.74. The van der Waals surface area contributed by atoms with E-state index in [1.54, 1.807) is 0 Å². The first-order chi connectivity index (χ1) is 7.04. The van der Waals surface area contributed by atoms with Crippen LogP contribution in [-0.4, -0.2) is 25.8 Å². The molecule has 0 saturated heterocycles. The molecule has 1 atom stereocenters. The summed E-state index contributed by atoms with van der Waals surface area (Å²) in [6, 6.07) is 0.584. The van der Waals surface area contributed by atoms with Crippen LogP contribution in [-0.2, 0) is 4.74 Å². The highest BCUT2D eigenvalue weighted by molar-refractivity contribution is 5.07. The van der Waals surface area contributed by atoms with Gasteiger partial charge in [0.15, 0.2) is 0 Å². The maximum absolute atomic E-state index is 5.43. The highest BCUT2D eigenvalue weighted by atomic mass is 16.5. The molecule has 2 heteroatoms. The van der Waals surface area contributed by atoms with Gasteiger partial charge in [-0.2, -0.15) is 0 Å². The molecule has 2 nitrogen and oxygen atoms in total. The second-order valence-electron chi connectivity index (χ2n) is 5.41. The molecule has 0 saturated carbocycles. The second-order valence-corrected chi connectivity index (χ2v) is 5.41. The molecule has 0 spiro atoms. The number of rotatable bonds is 4. The highest BCUT2D eigenvalue weighted by Crippen LogP contribution is 2.21. The van der Waals surface area contributed by atoms with Crippen LogP contribution in [0.2, 0.25) is 0 Å². The fraction of sp³-hybridized carbons (Fsp3) is 0.846. The van der Waals surface area contributed by atoms with E-state index in [0.29, 0.717) is 11.5 Å². The van der Waals surface area contributed by atoms with Crippen molar-refractivity contribution in [1.82, 2.24) is 5.32 Å². The van der Waals surface area contributed by atoms with Crippen molar-refractivity contribution in [2.24, 2.45) is 5.41 Å². The van der Waals surface area contributed by atoms with E-state index in [1.165, 1.54) is 12.0 Å². The van der Waals surface area contributed by atoms with Gasteiger partial charge in [-0.3, -0.25) is 0 Å². The highest BCUT2D eigenvalue weighted by Gasteiger charge is 2.22. The van der Waals surface area contributed by atoms with E-state index in [0.717, 1.165) is 26.2 Å². The van der Waals surface area contributed by atoms with Crippen molar-refractivity contribution in [1.29, 1.82) is 0 Å². The molecule has 0 bridgehead atoms. The summed E-state index contributed by atoms with van der Waals surface area (Å²) in [5.74, 6) is 0. The molecule has 88 valence electrons. The maximum Gasteiger partial charge on any atom is 0.0689 e. The molecular formula is C13H25NO. The molecular weight excluding hydrogens is 186 g/mol. The Bertz CT molecular complexity index is 215. The Labute approximate surface area is 94.1 Å². The summed E-state index contributed by atoms with van der Waals surface area (Å²) in [4.78, 5) is 0. The van der Waals surface area contributed by atoms with Crippen LogP contribution in [0.4, 0.5) is 0 Å². The summed E-state index contributed by atoms with van der Waals surface area (Å²) < 4.78 is 5.43. The lowest BCUT2D eigenvalue weighted by atomic mass is 9.85. The van der Waals surface area contributed by atoms with Gasteiger partial charge in [-0.05, 0) is 23.8 Å². The Hall–Kier alpha value is -0.340. The number of nitrogens with one attached hydrogen (secondary N) is 1. The zero-order valence-corrected chi connectivity index (χ0v) is 10.6. The lowest BCUT2D eigenvalue weighted by Crippen LogP contribution is -2.41. The second kappa shape index (κ2) is 5.66. The van der Waals surface area contributed by atoms with E-state index in [4.69, 9.17) is 4.74 Å². The van der Waals surface area contributed by atoms with Crippen LogP contribution in [0, 0.1) is 5.41 Å². The number of hydrogen-bond acceptors (Lipinski definition) is 2. The molecule has 1 aliphatic rings. The third kappa shape index (κ3) is 4.35. The normalized spacial score (nSPS) is 19.9. The molecule has 0 amide bonds. The number of hydrogen-bond donors (Lipinski definition) is 1. The van der Waals surface area contributed by atoms with E-state index in [1.807, 2.05) is 0 Å². The van der Waals surface area contributed by atoms with Crippen LogP contribution in [0.5, 0.6) is 0 Å². The van der Waals surface area contributed by atoms with Crippen molar-refractivity contribution in [2.45, 2.75) is 46.6 Å². The minimum absolute atomic E-state index is 0.338. The van der Waals surface area contributed by atoms with E-state index < -0.39 is 0 Å².